The number of aryl methyl sites for hydroxylation is 1. The summed E-state index contributed by atoms with van der Waals surface area (Å²) in [7, 11) is 1.86. The summed E-state index contributed by atoms with van der Waals surface area (Å²) in [6, 6.07) is 7.61. The summed E-state index contributed by atoms with van der Waals surface area (Å²) in [5, 5.41) is 5.81. The fraction of sp³-hybridized carbons (Fsp3) is 0.529. The first kappa shape index (κ1) is 18.2. The molecule has 22 heavy (non-hydrogen) atoms. The summed E-state index contributed by atoms with van der Waals surface area (Å²) in [6.45, 7) is 7.99. The maximum absolute atomic E-state index is 12.2. The predicted octanol–water partition coefficient (Wildman–Crippen LogP) is 0.615. The first-order chi connectivity index (χ1) is 10.3. The molecule has 1 unspecified atom stereocenters. The van der Waals surface area contributed by atoms with Gasteiger partial charge in [-0.05, 0) is 38.8 Å². The molecule has 0 bridgehead atoms. The molecule has 0 heterocycles. The van der Waals surface area contributed by atoms with Crippen LogP contribution in [0.25, 0.3) is 0 Å². The van der Waals surface area contributed by atoms with Crippen molar-refractivity contribution in [3.8, 4) is 0 Å². The van der Waals surface area contributed by atoms with Crippen molar-refractivity contribution >= 4 is 17.5 Å². The summed E-state index contributed by atoms with van der Waals surface area (Å²) < 4.78 is 0. The monoisotopic (exact) mass is 306 g/mol. The zero-order valence-electron chi connectivity index (χ0n) is 14.2. The highest BCUT2D eigenvalue weighted by Crippen LogP contribution is 2.14. The van der Waals surface area contributed by atoms with E-state index in [1.807, 2.05) is 52.1 Å². The molecular weight excluding hydrogens is 278 g/mol. The molecule has 0 saturated carbocycles. The normalized spacial score (nSPS) is 13.5. The van der Waals surface area contributed by atoms with Gasteiger partial charge in [-0.1, -0.05) is 25.1 Å². The van der Waals surface area contributed by atoms with Gasteiger partial charge in [0.2, 0.25) is 0 Å². The van der Waals surface area contributed by atoms with Gasteiger partial charge in [0.1, 0.15) is 0 Å². The molecule has 0 radical (unpaired) electrons. The van der Waals surface area contributed by atoms with E-state index in [4.69, 9.17) is 0 Å². The number of amides is 2. The van der Waals surface area contributed by atoms with Crippen molar-refractivity contribution < 1.29 is 14.5 Å². The first-order valence-electron chi connectivity index (χ1n) is 7.85. The quantitative estimate of drug-likeness (QED) is 0.691. The van der Waals surface area contributed by atoms with E-state index in [1.165, 1.54) is 0 Å². The minimum Gasteiger partial charge on any atom is -0.349 e. The van der Waals surface area contributed by atoms with E-state index in [-0.39, 0.29) is 30.4 Å². The van der Waals surface area contributed by atoms with Crippen LogP contribution >= 0.6 is 0 Å². The Hall–Kier alpha value is -1.88. The maximum atomic E-state index is 12.2. The Kier molecular flexibility index (Phi) is 7.05. The molecule has 0 aliphatic carbocycles. The van der Waals surface area contributed by atoms with Crippen molar-refractivity contribution in [2.24, 2.45) is 0 Å². The lowest BCUT2D eigenvalue weighted by Crippen LogP contribution is -3.15. The Balaban J connectivity index is 2.59. The maximum Gasteiger partial charge on any atom is 0.279 e. The zero-order valence-corrected chi connectivity index (χ0v) is 14.2. The Morgan fingerprint density at radius 3 is 2.41 bits per heavy atom. The Bertz CT molecular complexity index is 514. The lowest BCUT2D eigenvalue weighted by molar-refractivity contribution is -0.885. The van der Waals surface area contributed by atoms with Gasteiger partial charge in [-0.2, -0.15) is 0 Å². The van der Waals surface area contributed by atoms with Gasteiger partial charge < -0.3 is 15.5 Å². The third kappa shape index (κ3) is 5.48. The van der Waals surface area contributed by atoms with E-state index < -0.39 is 0 Å². The van der Waals surface area contributed by atoms with E-state index in [9.17, 15) is 9.59 Å². The van der Waals surface area contributed by atoms with Crippen molar-refractivity contribution in [1.82, 2.24) is 5.32 Å². The second-order valence-electron chi connectivity index (χ2n) is 5.97. The molecule has 0 aliphatic rings. The van der Waals surface area contributed by atoms with E-state index >= 15 is 0 Å². The summed E-state index contributed by atoms with van der Waals surface area (Å²) in [5.74, 6) is -0.114. The van der Waals surface area contributed by atoms with E-state index in [2.05, 4.69) is 17.6 Å². The fourth-order valence-corrected chi connectivity index (χ4v) is 2.18. The number of para-hydroxylation sites is 1. The molecule has 3 N–H and O–H groups in total. The highest BCUT2D eigenvalue weighted by atomic mass is 16.2. The molecule has 1 aromatic rings. The molecular formula is C17H28N3O2+. The number of hydrogen-bond donors (Lipinski definition) is 3. The molecule has 2 amide bonds. The standard InChI is InChI=1S/C17H27N3O2/c1-6-14-9-7-8-10-15(14)19-16(21)11-20(5)13(4)17(22)18-12(2)3/h7-10,12-13H,6,11H2,1-5H3,(H,18,22)(H,19,21)/p+1/t13-/m1/s1. The summed E-state index contributed by atoms with van der Waals surface area (Å²) in [6.07, 6.45) is 0.867. The number of likely N-dealkylation sites (N-methyl/N-ethyl adjacent to an activating group) is 1. The van der Waals surface area contributed by atoms with E-state index in [1.54, 1.807) is 0 Å². The van der Waals surface area contributed by atoms with Gasteiger partial charge >= 0.3 is 0 Å². The van der Waals surface area contributed by atoms with Crippen molar-refractivity contribution in [2.75, 3.05) is 18.9 Å². The Morgan fingerprint density at radius 2 is 1.82 bits per heavy atom. The van der Waals surface area contributed by atoms with Crippen molar-refractivity contribution in [3.63, 3.8) is 0 Å². The SMILES string of the molecule is CCc1ccccc1NC(=O)C[NH+](C)[C@H](C)C(=O)NC(C)C. The van der Waals surface area contributed by atoms with Gasteiger partial charge in [0.05, 0.1) is 7.05 Å². The molecule has 0 aliphatic heterocycles. The van der Waals surface area contributed by atoms with Crippen LogP contribution < -0.4 is 15.5 Å². The number of carbonyl (C=O) groups is 2. The van der Waals surface area contributed by atoms with Crippen molar-refractivity contribution in [1.29, 1.82) is 0 Å². The lowest BCUT2D eigenvalue weighted by Gasteiger charge is -2.21. The Morgan fingerprint density at radius 1 is 1.18 bits per heavy atom. The van der Waals surface area contributed by atoms with Crippen LogP contribution in [0.5, 0.6) is 0 Å². The number of anilines is 1. The Labute approximate surface area is 133 Å². The number of benzene rings is 1. The van der Waals surface area contributed by atoms with Gasteiger partial charge in [-0.25, -0.2) is 0 Å². The van der Waals surface area contributed by atoms with E-state index in [0.717, 1.165) is 22.6 Å². The average molecular weight is 306 g/mol. The number of carbonyl (C=O) groups excluding carboxylic acids is 2. The zero-order chi connectivity index (χ0) is 16.7. The van der Waals surface area contributed by atoms with Crippen LogP contribution in [0.15, 0.2) is 24.3 Å². The predicted molar refractivity (Wildman–Crippen MR) is 88.9 cm³/mol. The second kappa shape index (κ2) is 8.54. The van der Waals surface area contributed by atoms with Crippen molar-refractivity contribution in [2.45, 2.75) is 46.2 Å². The van der Waals surface area contributed by atoms with Gasteiger partial charge in [0, 0.05) is 11.7 Å². The van der Waals surface area contributed by atoms with Crippen LogP contribution in [0.4, 0.5) is 5.69 Å². The number of rotatable bonds is 7. The van der Waals surface area contributed by atoms with Gasteiger partial charge in [-0.15, -0.1) is 0 Å². The lowest BCUT2D eigenvalue weighted by atomic mass is 10.1. The number of nitrogens with one attached hydrogen (secondary N) is 3. The minimum atomic E-state index is -0.269. The molecule has 1 rings (SSSR count). The highest BCUT2D eigenvalue weighted by Gasteiger charge is 2.24. The molecule has 5 nitrogen and oxygen atoms in total. The molecule has 0 spiro atoms. The average Bonchev–Trinajstić information content (AvgIpc) is 2.46. The summed E-state index contributed by atoms with van der Waals surface area (Å²) in [5.41, 5.74) is 1.96. The van der Waals surface area contributed by atoms with Crippen LogP contribution in [-0.2, 0) is 16.0 Å². The molecule has 122 valence electrons. The van der Waals surface area contributed by atoms with Crippen LogP contribution in [0.3, 0.4) is 0 Å². The molecule has 5 heteroatoms. The fourth-order valence-electron chi connectivity index (χ4n) is 2.18. The molecule has 0 aromatic heterocycles. The van der Waals surface area contributed by atoms with Crippen LogP contribution in [0, 0.1) is 0 Å². The molecule has 0 saturated heterocycles. The summed E-state index contributed by atoms with van der Waals surface area (Å²) >= 11 is 0. The molecule has 2 atom stereocenters. The molecule has 0 fully saturated rings. The first-order valence-corrected chi connectivity index (χ1v) is 7.85. The van der Waals surface area contributed by atoms with Gasteiger partial charge in [0.15, 0.2) is 12.6 Å². The van der Waals surface area contributed by atoms with Crippen LogP contribution in [0.2, 0.25) is 0 Å². The highest BCUT2D eigenvalue weighted by molar-refractivity contribution is 5.92. The van der Waals surface area contributed by atoms with Gasteiger partial charge in [-0.3, -0.25) is 9.59 Å². The third-order valence-electron chi connectivity index (χ3n) is 3.68. The number of quaternary nitrogens is 1. The smallest absolute Gasteiger partial charge is 0.279 e. The third-order valence-corrected chi connectivity index (χ3v) is 3.68. The van der Waals surface area contributed by atoms with E-state index in [0.29, 0.717) is 0 Å². The van der Waals surface area contributed by atoms with Crippen LogP contribution in [-0.4, -0.2) is 37.5 Å². The topological polar surface area (TPSA) is 62.6 Å². The van der Waals surface area contributed by atoms with Crippen molar-refractivity contribution in [3.05, 3.63) is 29.8 Å². The summed E-state index contributed by atoms with van der Waals surface area (Å²) in [4.78, 5) is 25.0. The van der Waals surface area contributed by atoms with Gasteiger partial charge in [0.25, 0.3) is 11.8 Å². The largest absolute Gasteiger partial charge is 0.349 e. The second-order valence-corrected chi connectivity index (χ2v) is 5.97. The van der Waals surface area contributed by atoms with Crippen LogP contribution in [0.1, 0.15) is 33.3 Å². The molecule has 1 aromatic carbocycles. The minimum absolute atomic E-state index is 0.0331. The number of hydrogen-bond acceptors (Lipinski definition) is 2.